The Bertz CT molecular complexity index is 644. The molecule has 2 aromatic heterocycles. The zero-order chi connectivity index (χ0) is 15.5. The molecule has 1 atom stereocenters. The molecule has 0 unspecified atom stereocenters. The van der Waals surface area contributed by atoms with E-state index in [1.54, 1.807) is 17.5 Å². The molecular formula is C15H21N5OS. The Kier molecular flexibility index (Phi) is 4.52. The second kappa shape index (κ2) is 6.56. The van der Waals surface area contributed by atoms with Crippen LogP contribution in [-0.2, 0) is 0 Å². The van der Waals surface area contributed by atoms with Gasteiger partial charge in [-0.3, -0.25) is 4.79 Å². The monoisotopic (exact) mass is 319 g/mol. The first-order valence-corrected chi connectivity index (χ1v) is 8.66. The third-order valence-corrected chi connectivity index (χ3v) is 5.19. The lowest BCUT2D eigenvalue weighted by Gasteiger charge is -2.20. The summed E-state index contributed by atoms with van der Waals surface area (Å²) in [4.78, 5) is 16.7. The van der Waals surface area contributed by atoms with Gasteiger partial charge in [0.2, 0.25) is 0 Å². The predicted molar refractivity (Wildman–Crippen MR) is 84.9 cm³/mol. The molecule has 0 saturated heterocycles. The van der Waals surface area contributed by atoms with Crippen molar-refractivity contribution in [2.45, 2.75) is 58.0 Å². The van der Waals surface area contributed by atoms with Crippen molar-refractivity contribution >= 4 is 17.2 Å². The van der Waals surface area contributed by atoms with Crippen molar-refractivity contribution < 1.29 is 4.79 Å². The summed E-state index contributed by atoms with van der Waals surface area (Å²) in [6.45, 7) is 3.88. The van der Waals surface area contributed by atoms with Crippen LogP contribution in [0.1, 0.15) is 72.3 Å². The van der Waals surface area contributed by atoms with Crippen LogP contribution < -0.4 is 5.32 Å². The van der Waals surface area contributed by atoms with Crippen LogP contribution >= 0.6 is 11.3 Å². The van der Waals surface area contributed by atoms with Crippen molar-refractivity contribution in [3.8, 4) is 0 Å². The van der Waals surface area contributed by atoms with Gasteiger partial charge in [-0.15, -0.1) is 16.4 Å². The van der Waals surface area contributed by atoms with Crippen molar-refractivity contribution in [1.82, 2.24) is 25.3 Å². The van der Waals surface area contributed by atoms with E-state index < -0.39 is 0 Å². The number of aromatic nitrogens is 4. The highest BCUT2D eigenvalue weighted by Gasteiger charge is 2.20. The molecule has 0 aliphatic heterocycles. The van der Waals surface area contributed by atoms with E-state index in [1.807, 2.05) is 23.9 Å². The fraction of sp³-hybridized carbons (Fsp3) is 0.600. The largest absolute Gasteiger partial charge is 0.342 e. The quantitative estimate of drug-likeness (QED) is 0.940. The van der Waals surface area contributed by atoms with Gasteiger partial charge in [0.25, 0.3) is 5.91 Å². The van der Waals surface area contributed by atoms with Gasteiger partial charge in [-0.25, -0.2) is 9.67 Å². The highest BCUT2D eigenvalue weighted by Crippen LogP contribution is 2.27. The third-order valence-electron chi connectivity index (χ3n) is 4.05. The molecule has 1 amide bonds. The topological polar surface area (TPSA) is 72.7 Å². The van der Waals surface area contributed by atoms with E-state index in [0.717, 1.165) is 23.5 Å². The normalized spacial score (nSPS) is 17.4. The van der Waals surface area contributed by atoms with Crippen LogP contribution in [0, 0.1) is 6.92 Å². The van der Waals surface area contributed by atoms with Crippen LogP contribution in [0.4, 0.5) is 0 Å². The first kappa shape index (κ1) is 15.1. The molecule has 0 bridgehead atoms. The molecule has 1 fully saturated rings. The maximum absolute atomic E-state index is 12.3. The van der Waals surface area contributed by atoms with Gasteiger partial charge in [0.05, 0.1) is 18.3 Å². The number of aryl methyl sites for hydroxylation is 1. The summed E-state index contributed by atoms with van der Waals surface area (Å²) < 4.78 is 1.85. The van der Waals surface area contributed by atoms with Gasteiger partial charge in [-0.2, -0.15) is 0 Å². The van der Waals surface area contributed by atoms with Crippen LogP contribution in [-0.4, -0.2) is 25.9 Å². The molecular weight excluding hydrogens is 298 g/mol. The van der Waals surface area contributed by atoms with Gasteiger partial charge in [-0.1, -0.05) is 24.5 Å². The average Bonchev–Trinajstić information content (AvgIpc) is 3.17. The van der Waals surface area contributed by atoms with Gasteiger partial charge in [0.1, 0.15) is 5.01 Å². The molecule has 118 valence electrons. The maximum atomic E-state index is 12.3. The van der Waals surface area contributed by atoms with Gasteiger partial charge in [0.15, 0.2) is 5.69 Å². The molecule has 7 heteroatoms. The van der Waals surface area contributed by atoms with E-state index in [1.165, 1.54) is 19.3 Å². The molecule has 1 aliphatic rings. The number of thiazole rings is 1. The summed E-state index contributed by atoms with van der Waals surface area (Å²) in [5.41, 5.74) is 1.36. The minimum absolute atomic E-state index is 0.119. The summed E-state index contributed by atoms with van der Waals surface area (Å²) in [7, 11) is 0. The predicted octanol–water partition coefficient (Wildman–Crippen LogP) is 3.04. The number of rotatable bonds is 4. The smallest absolute Gasteiger partial charge is 0.274 e. The molecule has 2 heterocycles. The lowest BCUT2D eigenvalue weighted by molar-refractivity contribution is 0.0934. The van der Waals surface area contributed by atoms with Gasteiger partial charge < -0.3 is 5.32 Å². The van der Waals surface area contributed by atoms with E-state index in [0.29, 0.717) is 11.7 Å². The minimum Gasteiger partial charge on any atom is -0.342 e. The van der Waals surface area contributed by atoms with E-state index in [4.69, 9.17) is 0 Å². The number of hydrogen-bond acceptors (Lipinski definition) is 5. The number of nitrogens with one attached hydrogen (secondary N) is 1. The summed E-state index contributed by atoms with van der Waals surface area (Å²) in [5, 5.41) is 14.0. The van der Waals surface area contributed by atoms with Crippen LogP contribution in [0.2, 0.25) is 0 Å². The Morgan fingerprint density at radius 1 is 1.41 bits per heavy atom. The molecule has 6 nitrogen and oxygen atoms in total. The zero-order valence-corrected chi connectivity index (χ0v) is 13.8. The van der Waals surface area contributed by atoms with Crippen molar-refractivity contribution in [2.75, 3.05) is 0 Å². The number of amides is 1. The molecule has 0 aromatic carbocycles. The van der Waals surface area contributed by atoms with Gasteiger partial charge in [0, 0.05) is 11.1 Å². The zero-order valence-electron chi connectivity index (χ0n) is 13.0. The van der Waals surface area contributed by atoms with E-state index >= 15 is 0 Å². The van der Waals surface area contributed by atoms with Crippen molar-refractivity contribution in [3.63, 3.8) is 0 Å². The summed E-state index contributed by atoms with van der Waals surface area (Å²) in [6, 6.07) is 0.271. The highest BCUT2D eigenvalue weighted by molar-refractivity contribution is 7.09. The average molecular weight is 319 g/mol. The maximum Gasteiger partial charge on any atom is 0.274 e. The molecule has 3 rings (SSSR count). The molecule has 2 aromatic rings. The third kappa shape index (κ3) is 3.35. The molecule has 22 heavy (non-hydrogen) atoms. The standard InChI is InChI=1S/C15H21N5OS/c1-10-9-22-15(16-10)11(2)17-14(21)13-8-20(19-18-13)12-6-4-3-5-7-12/h8-9,11-12H,3-7H2,1-2H3,(H,17,21)/t11-/m1/s1. The summed E-state index contributed by atoms with van der Waals surface area (Å²) in [6.07, 6.45) is 7.77. The Morgan fingerprint density at radius 2 is 2.18 bits per heavy atom. The molecule has 0 spiro atoms. The van der Waals surface area contributed by atoms with Crippen LogP contribution in [0.5, 0.6) is 0 Å². The number of hydrogen-bond donors (Lipinski definition) is 1. The Morgan fingerprint density at radius 3 is 2.86 bits per heavy atom. The van der Waals surface area contributed by atoms with E-state index in [2.05, 4.69) is 20.6 Å². The molecule has 0 radical (unpaired) electrons. The molecule has 1 aliphatic carbocycles. The number of nitrogens with zero attached hydrogens (tertiary/aromatic N) is 4. The summed E-state index contributed by atoms with van der Waals surface area (Å²) in [5.74, 6) is -0.192. The van der Waals surface area contributed by atoms with Crippen molar-refractivity contribution in [1.29, 1.82) is 0 Å². The van der Waals surface area contributed by atoms with Crippen molar-refractivity contribution in [2.24, 2.45) is 0 Å². The van der Waals surface area contributed by atoms with Crippen LogP contribution in [0.15, 0.2) is 11.6 Å². The van der Waals surface area contributed by atoms with Crippen molar-refractivity contribution in [3.05, 3.63) is 28.0 Å². The van der Waals surface area contributed by atoms with Crippen LogP contribution in [0.3, 0.4) is 0 Å². The minimum atomic E-state index is -0.192. The Balaban J connectivity index is 1.63. The fourth-order valence-corrected chi connectivity index (χ4v) is 3.61. The van der Waals surface area contributed by atoms with E-state index in [-0.39, 0.29) is 11.9 Å². The van der Waals surface area contributed by atoms with Gasteiger partial charge in [-0.05, 0) is 26.7 Å². The number of carbonyl (C=O) groups excluding carboxylic acids is 1. The second-order valence-electron chi connectivity index (χ2n) is 5.90. The summed E-state index contributed by atoms with van der Waals surface area (Å²) >= 11 is 1.56. The second-order valence-corrected chi connectivity index (χ2v) is 6.79. The lowest BCUT2D eigenvalue weighted by Crippen LogP contribution is -2.27. The molecule has 1 saturated carbocycles. The highest BCUT2D eigenvalue weighted by atomic mass is 32.1. The first-order valence-electron chi connectivity index (χ1n) is 7.78. The van der Waals surface area contributed by atoms with Crippen LogP contribution in [0.25, 0.3) is 0 Å². The first-order chi connectivity index (χ1) is 10.6. The SMILES string of the molecule is Cc1csc([C@@H](C)NC(=O)c2cn(C3CCCCC3)nn2)n1. The number of carbonyl (C=O) groups is 1. The molecule has 1 N–H and O–H groups in total. The van der Waals surface area contributed by atoms with E-state index in [9.17, 15) is 4.79 Å². The fourth-order valence-electron chi connectivity index (χ4n) is 2.81. The lowest BCUT2D eigenvalue weighted by atomic mass is 9.96. The Labute approximate surface area is 133 Å². The van der Waals surface area contributed by atoms with Gasteiger partial charge >= 0.3 is 0 Å². The Hall–Kier alpha value is -1.76.